The number of methoxy groups -OCH3 is 2. The molecule has 7 rings (SSSR count). The SMILES string of the molecule is COc1cc2c(cc1OC)CN(C[C@H]1C[C@@H](c3ccc(CO)cc3)O[C@@H](c3ccc(CNC(=O)[C@@H](Cc4ccccc4)NS(=O)(=O)c4ccc(C)cc4)cc3)O1)CC2. The maximum Gasteiger partial charge on any atom is 0.241 e. The third kappa shape index (κ3) is 10.1. The van der Waals surface area contributed by atoms with Gasteiger partial charge in [-0.3, -0.25) is 9.69 Å². The Balaban J connectivity index is 1.04. The van der Waals surface area contributed by atoms with Crippen LogP contribution in [-0.2, 0) is 56.8 Å². The number of amides is 1. The number of carbonyl (C=O) groups is 1. The van der Waals surface area contributed by atoms with Gasteiger partial charge in [0.1, 0.15) is 6.04 Å². The minimum Gasteiger partial charge on any atom is -0.493 e. The molecule has 5 aromatic rings. The molecule has 1 amide bonds. The summed E-state index contributed by atoms with van der Waals surface area (Å²) in [5.41, 5.74) is 7.75. The number of aliphatic hydroxyl groups excluding tert-OH is 1. The van der Waals surface area contributed by atoms with Crippen LogP contribution in [0.15, 0.2) is 120 Å². The molecule has 0 aromatic heterocycles. The van der Waals surface area contributed by atoms with Crippen molar-refractivity contribution in [1.82, 2.24) is 14.9 Å². The van der Waals surface area contributed by atoms with Crippen molar-refractivity contribution in [3.05, 3.63) is 160 Å². The first kappa shape index (κ1) is 41.1. The number of hydrogen-bond donors (Lipinski definition) is 3. The maximum absolute atomic E-state index is 13.6. The molecule has 5 aromatic carbocycles. The maximum atomic E-state index is 13.6. The molecular weight excluding hydrogens is 755 g/mol. The second-order valence-corrected chi connectivity index (χ2v) is 16.7. The number of ether oxygens (including phenoxy) is 4. The smallest absolute Gasteiger partial charge is 0.241 e. The van der Waals surface area contributed by atoms with Gasteiger partial charge in [-0.05, 0) is 77.4 Å². The standard InChI is InChI=1S/C46H51N3O8S/c1-31-9-19-40(20-10-31)58(52,53)48-41(23-32-7-5-4-6-8-32)45(51)47-27-33-11-17-36(18-12-33)46-56-39(26-42(57-46)35-15-13-34(30-50)14-16-35)29-49-22-21-37-24-43(54-2)44(55-3)25-38(37)28-49/h4-20,24-25,39,41-42,46,48,50H,21-23,26-30H2,1-3H3,(H,47,51)/t39-,41-,42+,46+/m1/s1. The fourth-order valence-corrected chi connectivity index (χ4v) is 8.73. The predicted octanol–water partition coefficient (Wildman–Crippen LogP) is 6.31. The molecule has 2 aliphatic rings. The predicted molar refractivity (Wildman–Crippen MR) is 221 cm³/mol. The number of carbonyl (C=O) groups excluding carboxylic acids is 1. The lowest BCUT2D eigenvalue weighted by atomic mass is 9.97. The van der Waals surface area contributed by atoms with E-state index in [-0.39, 0.29) is 36.7 Å². The zero-order valence-electron chi connectivity index (χ0n) is 33.1. The van der Waals surface area contributed by atoms with Crippen LogP contribution >= 0.6 is 0 Å². The number of aryl methyl sites for hydroxylation is 1. The largest absolute Gasteiger partial charge is 0.493 e. The second kappa shape index (κ2) is 18.7. The van der Waals surface area contributed by atoms with E-state index in [4.69, 9.17) is 18.9 Å². The zero-order chi connectivity index (χ0) is 40.6. The summed E-state index contributed by atoms with van der Waals surface area (Å²) >= 11 is 0. The van der Waals surface area contributed by atoms with E-state index in [2.05, 4.69) is 27.1 Å². The minimum atomic E-state index is -3.97. The van der Waals surface area contributed by atoms with Gasteiger partial charge in [0.05, 0.1) is 37.9 Å². The fraction of sp³-hybridized carbons (Fsp3) is 0.326. The lowest BCUT2D eigenvalue weighted by Crippen LogP contribution is -2.47. The van der Waals surface area contributed by atoms with Crippen molar-refractivity contribution in [2.24, 2.45) is 0 Å². The van der Waals surface area contributed by atoms with E-state index in [1.807, 2.05) is 85.8 Å². The van der Waals surface area contributed by atoms with Gasteiger partial charge < -0.3 is 29.4 Å². The van der Waals surface area contributed by atoms with E-state index in [1.54, 1.807) is 26.4 Å². The molecule has 12 heteroatoms. The van der Waals surface area contributed by atoms with Gasteiger partial charge in [0, 0.05) is 38.2 Å². The highest BCUT2D eigenvalue weighted by Crippen LogP contribution is 2.39. The van der Waals surface area contributed by atoms with Crippen LogP contribution in [-0.4, -0.2) is 63.8 Å². The van der Waals surface area contributed by atoms with E-state index in [0.717, 1.165) is 64.4 Å². The Morgan fingerprint density at radius 3 is 2.16 bits per heavy atom. The van der Waals surface area contributed by atoms with E-state index < -0.39 is 28.3 Å². The number of hydrogen-bond acceptors (Lipinski definition) is 9. The summed E-state index contributed by atoms with van der Waals surface area (Å²) in [6, 6.07) is 34.6. The number of nitrogens with one attached hydrogen (secondary N) is 2. The highest BCUT2D eigenvalue weighted by Gasteiger charge is 2.34. The Hall–Kier alpha value is -5.08. The highest BCUT2D eigenvalue weighted by molar-refractivity contribution is 7.89. The number of rotatable bonds is 15. The van der Waals surface area contributed by atoms with Crippen LogP contribution in [0.3, 0.4) is 0 Å². The molecular formula is C46H51N3O8S. The highest BCUT2D eigenvalue weighted by atomic mass is 32.2. The summed E-state index contributed by atoms with van der Waals surface area (Å²) in [4.78, 5) is 16.1. The van der Waals surface area contributed by atoms with Gasteiger partial charge >= 0.3 is 0 Å². The molecule has 2 aliphatic heterocycles. The number of fused-ring (bicyclic) bond motifs is 1. The van der Waals surface area contributed by atoms with Crippen LogP contribution in [0, 0.1) is 6.92 Å². The van der Waals surface area contributed by atoms with Crippen molar-refractivity contribution in [2.45, 2.75) is 75.3 Å². The molecule has 0 radical (unpaired) electrons. The molecule has 1 fully saturated rings. The molecule has 0 saturated carbocycles. The van der Waals surface area contributed by atoms with Crippen LogP contribution in [0.1, 0.15) is 63.3 Å². The average molecular weight is 806 g/mol. The summed E-state index contributed by atoms with van der Waals surface area (Å²) in [5.74, 6) is 1.02. The topological polar surface area (TPSA) is 136 Å². The quantitative estimate of drug-likeness (QED) is 0.111. The van der Waals surface area contributed by atoms with Crippen molar-refractivity contribution >= 4 is 15.9 Å². The van der Waals surface area contributed by atoms with Gasteiger partial charge in [-0.1, -0.05) is 96.6 Å². The molecule has 4 atom stereocenters. The molecule has 304 valence electrons. The monoisotopic (exact) mass is 805 g/mol. The molecule has 2 heterocycles. The van der Waals surface area contributed by atoms with Crippen LogP contribution in [0.5, 0.6) is 11.5 Å². The lowest BCUT2D eigenvalue weighted by molar-refractivity contribution is -0.253. The van der Waals surface area contributed by atoms with Gasteiger partial charge in [0.25, 0.3) is 0 Å². The summed E-state index contributed by atoms with van der Waals surface area (Å²) in [7, 11) is -0.657. The van der Waals surface area contributed by atoms with Crippen LogP contribution in [0.25, 0.3) is 0 Å². The summed E-state index contributed by atoms with van der Waals surface area (Å²) in [6.07, 6.45) is 0.724. The van der Waals surface area contributed by atoms with Gasteiger partial charge in [-0.2, -0.15) is 4.72 Å². The Bertz CT molecular complexity index is 2250. The molecule has 0 spiro atoms. The van der Waals surface area contributed by atoms with Crippen LogP contribution < -0.4 is 19.5 Å². The number of nitrogens with zero attached hydrogens (tertiary/aromatic N) is 1. The van der Waals surface area contributed by atoms with E-state index in [9.17, 15) is 18.3 Å². The number of benzene rings is 5. The Morgan fingerprint density at radius 1 is 0.828 bits per heavy atom. The molecule has 3 N–H and O–H groups in total. The molecule has 0 aliphatic carbocycles. The first-order valence-electron chi connectivity index (χ1n) is 19.6. The molecule has 0 unspecified atom stereocenters. The first-order chi connectivity index (χ1) is 28.1. The summed E-state index contributed by atoms with van der Waals surface area (Å²) in [6.45, 7) is 4.40. The summed E-state index contributed by atoms with van der Waals surface area (Å²) in [5, 5.41) is 12.6. The Labute approximate surface area is 341 Å². The van der Waals surface area contributed by atoms with E-state index in [1.165, 1.54) is 23.3 Å². The average Bonchev–Trinajstić information content (AvgIpc) is 3.25. The van der Waals surface area contributed by atoms with Gasteiger partial charge in [0.2, 0.25) is 15.9 Å². The van der Waals surface area contributed by atoms with Gasteiger partial charge in [0.15, 0.2) is 17.8 Å². The third-order valence-corrected chi connectivity index (χ3v) is 12.3. The lowest BCUT2D eigenvalue weighted by Gasteiger charge is -2.39. The van der Waals surface area contributed by atoms with Crippen molar-refractivity contribution in [2.75, 3.05) is 27.3 Å². The normalized spacial score (nSPS) is 18.9. The van der Waals surface area contributed by atoms with Crippen LogP contribution in [0.2, 0.25) is 0 Å². The summed E-state index contributed by atoms with van der Waals surface area (Å²) < 4.78 is 53.7. The van der Waals surface area contributed by atoms with Crippen molar-refractivity contribution in [1.29, 1.82) is 0 Å². The van der Waals surface area contributed by atoms with E-state index in [0.29, 0.717) is 13.0 Å². The van der Waals surface area contributed by atoms with Crippen molar-refractivity contribution in [3.8, 4) is 11.5 Å². The number of sulfonamides is 1. The molecule has 11 nitrogen and oxygen atoms in total. The Morgan fingerprint density at radius 2 is 1.48 bits per heavy atom. The fourth-order valence-electron chi connectivity index (χ4n) is 7.53. The first-order valence-corrected chi connectivity index (χ1v) is 21.0. The molecule has 58 heavy (non-hydrogen) atoms. The van der Waals surface area contributed by atoms with Crippen molar-refractivity contribution in [3.63, 3.8) is 0 Å². The molecule has 1 saturated heterocycles. The van der Waals surface area contributed by atoms with Crippen LogP contribution in [0.4, 0.5) is 0 Å². The Kier molecular flexibility index (Phi) is 13.2. The van der Waals surface area contributed by atoms with E-state index >= 15 is 0 Å². The second-order valence-electron chi connectivity index (χ2n) is 14.9. The number of aliphatic hydroxyl groups is 1. The molecule has 0 bridgehead atoms. The van der Waals surface area contributed by atoms with Gasteiger partial charge in [-0.15, -0.1) is 0 Å². The third-order valence-electron chi connectivity index (χ3n) is 10.8. The van der Waals surface area contributed by atoms with Gasteiger partial charge in [-0.25, -0.2) is 8.42 Å². The zero-order valence-corrected chi connectivity index (χ0v) is 33.9. The minimum absolute atomic E-state index is 0.0310. The van der Waals surface area contributed by atoms with Crippen molar-refractivity contribution < 1.29 is 37.3 Å².